The van der Waals surface area contributed by atoms with Crippen molar-refractivity contribution < 1.29 is 0 Å². The highest BCUT2D eigenvalue weighted by atomic mass is 32.2. The standard InChI is InChI=1S/2C4H10N4S2.C2H6/c2*5-3(6)10-2-1-8-4(7)9;1-2/h2*1-2H2,(H3,5,6)(H3,7,8,9);1-2H3. The number of amidine groups is 2. The summed E-state index contributed by atoms with van der Waals surface area (Å²) in [4.78, 5) is 0. The molecule has 0 atom stereocenters. The highest BCUT2D eigenvalue weighted by Crippen LogP contribution is 1.94. The molecule has 0 unspecified atom stereocenters. The number of thiocarbonyl (C=S) groups is 2. The van der Waals surface area contributed by atoms with E-state index in [4.69, 9.17) is 33.8 Å². The Labute approximate surface area is 151 Å². The molecule has 0 spiro atoms. The molecule has 0 saturated carbocycles. The number of rotatable bonds is 6. The Morgan fingerprint density at radius 2 is 1.09 bits per heavy atom. The molecule has 0 fully saturated rings. The Hall–Kier alpha value is -0.980. The molecule has 12 heteroatoms. The molecule has 0 aromatic rings. The van der Waals surface area contributed by atoms with Gasteiger partial charge in [-0.15, -0.1) is 0 Å². The molecule has 0 saturated heterocycles. The van der Waals surface area contributed by atoms with Gasteiger partial charge in [-0.25, -0.2) is 0 Å². The monoisotopic (exact) mass is 386 g/mol. The SMILES string of the molecule is CC.N=C(N)SCCNC(N)=S.N=C(N)SCCNC(N)=S. The van der Waals surface area contributed by atoms with E-state index in [0.29, 0.717) is 24.6 Å². The van der Waals surface area contributed by atoms with Crippen LogP contribution in [0, 0.1) is 10.8 Å². The molecule has 0 bridgehead atoms. The summed E-state index contributed by atoms with van der Waals surface area (Å²) < 4.78 is 0. The molecular weight excluding hydrogens is 360 g/mol. The van der Waals surface area contributed by atoms with E-state index >= 15 is 0 Å². The second-order valence-electron chi connectivity index (χ2n) is 3.01. The summed E-state index contributed by atoms with van der Waals surface area (Å²) >= 11 is 11.6. The van der Waals surface area contributed by atoms with Crippen LogP contribution in [0.5, 0.6) is 0 Å². The van der Waals surface area contributed by atoms with Gasteiger partial charge in [0.1, 0.15) is 0 Å². The average molecular weight is 387 g/mol. The highest BCUT2D eigenvalue weighted by molar-refractivity contribution is 8.13. The van der Waals surface area contributed by atoms with E-state index in [1.807, 2.05) is 13.8 Å². The molecular formula is C10H26N8S4. The first-order chi connectivity index (χ1) is 10.3. The third kappa shape index (κ3) is 36.4. The lowest BCUT2D eigenvalue weighted by Gasteiger charge is -2.00. The summed E-state index contributed by atoms with van der Waals surface area (Å²) in [5, 5.41) is 19.9. The average Bonchev–Trinajstić information content (AvgIpc) is 2.42. The van der Waals surface area contributed by atoms with Gasteiger partial charge in [-0.2, -0.15) is 0 Å². The quantitative estimate of drug-likeness (QED) is 0.133. The molecule has 130 valence electrons. The van der Waals surface area contributed by atoms with Crippen molar-refractivity contribution in [3.8, 4) is 0 Å². The molecule has 0 aliphatic rings. The fourth-order valence-electron chi connectivity index (χ4n) is 0.670. The van der Waals surface area contributed by atoms with Gasteiger partial charge in [-0.3, -0.25) is 10.8 Å². The Bertz CT molecular complexity index is 273. The first-order valence-corrected chi connectivity index (χ1v) is 9.04. The lowest BCUT2D eigenvalue weighted by molar-refractivity contribution is 0.985. The summed E-state index contributed by atoms with van der Waals surface area (Å²) in [6.45, 7) is 5.30. The van der Waals surface area contributed by atoms with Crippen molar-refractivity contribution in [2.75, 3.05) is 24.6 Å². The Balaban J connectivity index is -0.000000294. The molecule has 0 heterocycles. The fourth-order valence-corrected chi connectivity index (χ4v) is 1.72. The Kier molecular flexibility index (Phi) is 23.6. The lowest BCUT2D eigenvalue weighted by atomic mass is 10.7. The van der Waals surface area contributed by atoms with E-state index in [1.165, 1.54) is 23.5 Å². The number of hydrogen-bond donors (Lipinski definition) is 8. The summed E-state index contributed by atoms with van der Waals surface area (Å²) in [6.07, 6.45) is 0. The van der Waals surface area contributed by atoms with E-state index in [2.05, 4.69) is 35.1 Å². The lowest BCUT2D eigenvalue weighted by Crippen LogP contribution is -2.31. The minimum Gasteiger partial charge on any atom is -0.379 e. The number of nitrogens with one attached hydrogen (secondary N) is 4. The van der Waals surface area contributed by atoms with Crippen molar-refractivity contribution in [3.63, 3.8) is 0 Å². The van der Waals surface area contributed by atoms with Gasteiger partial charge < -0.3 is 33.6 Å². The Morgan fingerprint density at radius 3 is 1.27 bits per heavy atom. The van der Waals surface area contributed by atoms with E-state index in [-0.39, 0.29) is 20.6 Å². The summed E-state index contributed by atoms with van der Waals surface area (Å²) in [6, 6.07) is 0. The first-order valence-electron chi connectivity index (χ1n) is 6.26. The zero-order chi connectivity index (χ0) is 18.0. The molecule has 22 heavy (non-hydrogen) atoms. The molecule has 0 aromatic carbocycles. The third-order valence-corrected chi connectivity index (χ3v) is 3.04. The number of thioether (sulfide) groups is 2. The van der Waals surface area contributed by atoms with Gasteiger partial charge in [-0.1, -0.05) is 37.4 Å². The van der Waals surface area contributed by atoms with Crippen molar-refractivity contribution in [3.05, 3.63) is 0 Å². The van der Waals surface area contributed by atoms with Crippen LogP contribution in [-0.2, 0) is 0 Å². The number of hydrogen-bond acceptors (Lipinski definition) is 6. The van der Waals surface area contributed by atoms with Crippen LogP contribution in [0.15, 0.2) is 0 Å². The molecule has 0 aliphatic heterocycles. The fraction of sp³-hybridized carbons (Fsp3) is 0.600. The molecule has 0 radical (unpaired) electrons. The molecule has 0 amide bonds. The van der Waals surface area contributed by atoms with Crippen molar-refractivity contribution in [2.45, 2.75) is 13.8 Å². The van der Waals surface area contributed by atoms with Crippen LogP contribution in [-0.4, -0.2) is 45.2 Å². The summed E-state index contributed by atoms with van der Waals surface area (Å²) in [5.41, 5.74) is 20.4. The van der Waals surface area contributed by atoms with E-state index in [0.717, 1.165) is 0 Å². The summed E-state index contributed by atoms with van der Waals surface area (Å²) in [7, 11) is 0. The van der Waals surface area contributed by atoms with Crippen LogP contribution in [0.25, 0.3) is 0 Å². The van der Waals surface area contributed by atoms with Gasteiger partial charge in [0.15, 0.2) is 20.6 Å². The van der Waals surface area contributed by atoms with Crippen molar-refractivity contribution in [2.24, 2.45) is 22.9 Å². The normalized spacial score (nSPS) is 8.27. The molecule has 0 aliphatic carbocycles. The van der Waals surface area contributed by atoms with Crippen molar-refractivity contribution >= 4 is 68.5 Å². The minimum atomic E-state index is 0.115. The molecule has 0 aromatic heterocycles. The Morgan fingerprint density at radius 1 is 0.818 bits per heavy atom. The van der Waals surface area contributed by atoms with Gasteiger partial charge in [0.05, 0.1) is 0 Å². The maximum atomic E-state index is 6.83. The molecule has 0 rings (SSSR count). The van der Waals surface area contributed by atoms with Crippen molar-refractivity contribution in [1.82, 2.24) is 10.6 Å². The van der Waals surface area contributed by atoms with E-state index in [1.54, 1.807) is 0 Å². The van der Waals surface area contributed by atoms with Crippen LogP contribution in [0.1, 0.15) is 13.8 Å². The van der Waals surface area contributed by atoms with Gasteiger partial charge in [0, 0.05) is 24.6 Å². The maximum absolute atomic E-state index is 6.83. The molecule has 8 nitrogen and oxygen atoms in total. The molecule has 12 N–H and O–H groups in total. The van der Waals surface area contributed by atoms with E-state index in [9.17, 15) is 0 Å². The van der Waals surface area contributed by atoms with Crippen LogP contribution in [0.3, 0.4) is 0 Å². The highest BCUT2D eigenvalue weighted by Gasteiger charge is 1.91. The predicted molar refractivity (Wildman–Crippen MR) is 110 cm³/mol. The topological polar surface area (TPSA) is 176 Å². The smallest absolute Gasteiger partial charge is 0.163 e. The van der Waals surface area contributed by atoms with Gasteiger partial charge in [0.25, 0.3) is 0 Å². The van der Waals surface area contributed by atoms with Crippen molar-refractivity contribution in [1.29, 1.82) is 10.8 Å². The zero-order valence-electron chi connectivity index (χ0n) is 12.8. The van der Waals surface area contributed by atoms with Gasteiger partial charge >= 0.3 is 0 Å². The number of nitrogens with two attached hydrogens (primary N) is 4. The largest absolute Gasteiger partial charge is 0.379 e. The third-order valence-electron chi connectivity index (χ3n) is 1.32. The minimum absolute atomic E-state index is 0.115. The second kappa shape index (κ2) is 20.0. The van der Waals surface area contributed by atoms with Crippen LogP contribution in [0.4, 0.5) is 0 Å². The van der Waals surface area contributed by atoms with Gasteiger partial charge in [-0.05, 0) is 24.4 Å². The van der Waals surface area contributed by atoms with Gasteiger partial charge in [0.2, 0.25) is 0 Å². The predicted octanol–water partition coefficient (Wildman–Crippen LogP) is -0.0813. The second-order valence-corrected chi connectivity index (χ2v) is 6.16. The van der Waals surface area contributed by atoms with Crippen LogP contribution in [0.2, 0.25) is 0 Å². The van der Waals surface area contributed by atoms with Crippen LogP contribution >= 0.6 is 48.0 Å². The van der Waals surface area contributed by atoms with E-state index < -0.39 is 0 Å². The summed E-state index contributed by atoms with van der Waals surface area (Å²) in [5.74, 6) is 1.43. The van der Waals surface area contributed by atoms with Crippen LogP contribution < -0.4 is 33.6 Å². The first kappa shape index (κ1) is 25.9. The maximum Gasteiger partial charge on any atom is 0.163 e. The zero-order valence-corrected chi connectivity index (χ0v) is 16.0.